The van der Waals surface area contributed by atoms with Gasteiger partial charge in [-0.2, -0.15) is 0 Å². The summed E-state index contributed by atoms with van der Waals surface area (Å²) in [5.41, 5.74) is 2.84. The van der Waals surface area contributed by atoms with E-state index in [-0.39, 0.29) is 5.41 Å². The van der Waals surface area contributed by atoms with Crippen LogP contribution in [-0.4, -0.2) is 17.0 Å². The molecule has 5 nitrogen and oxygen atoms in total. The van der Waals surface area contributed by atoms with Crippen LogP contribution in [0.25, 0.3) is 11.0 Å². The van der Waals surface area contributed by atoms with Gasteiger partial charge < -0.3 is 14.3 Å². The summed E-state index contributed by atoms with van der Waals surface area (Å²) in [4.78, 5) is 22.9. The molecule has 0 atom stereocenters. The lowest BCUT2D eigenvalue weighted by atomic mass is 9.79. The predicted molar refractivity (Wildman–Crippen MR) is 108 cm³/mol. The van der Waals surface area contributed by atoms with Crippen molar-refractivity contribution in [3.8, 4) is 5.75 Å². The molecule has 0 unspecified atom stereocenters. The molecule has 1 aliphatic carbocycles. The molecule has 150 valence electrons. The lowest BCUT2D eigenvalue weighted by Crippen LogP contribution is -2.17. The van der Waals surface area contributed by atoms with E-state index < -0.39 is 11.9 Å². The van der Waals surface area contributed by atoms with Gasteiger partial charge in [0.05, 0.1) is 5.39 Å². The number of ether oxygens (including phenoxy) is 1. The van der Waals surface area contributed by atoms with Crippen LogP contribution in [0.1, 0.15) is 69.8 Å². The molecule has 5 heteroatoms. The number of benzene rings is 1. The number of hydrogen-bond donors (Lipinski definition) is 1. The normalized spacial score (nSPS) is 14.4. The van der Waals surface area contributed by atoms with Gasteiger partial charge in [-0.1, -0.05) is 33.6 Å². The molecule has 1 aliphatic rings. The first kappa shape index (κ1) is 20.2. The number of carbonyl (C=O) groups is 2. The molecule has 0 spiro atoms. The standard InChI is InChI=1S/C23H28O5/c1-4-5-12-23(2,3)15-13-18-22(16-8-6-7-9-17(16)27-18)19(14-15)28-21(26)11-10-20(24)25/h10-11,13-14H,4-9,12H2,1-3H3,(H,24,25). The van der Waals surface area contributed by atoms with E-state index in [0.717, 1.165) is 85.0 Å². The van der Waals surface area contributed by atoms with Crippen LogP contribution in [0, 0.1) is 0 Å². The summed E-state index contributed by atoms with van der Waals surface area (Å²) in [5.74, 6) is -0.442. The third kappa shape index (κ3) is 4.29. The van der Waals surface area contributed by atoms with Gasteiger partial charge >= 0.3 is 11.9 Å². The number of furan rings is 1. The Morgan fingerprint density at radius 3 is 2.68 bits per heavy atom. The van der Waals surface area contributed by atoms with Gasteiger partial charge in [0.25, 0.3) is 0 Å². The Kier molecular flexibility index (Phi) is 5.92. The lowest BCUT2D eigenvalue weighted by molar-refractivity contribution is -0.133. The van der Waals surface area contributed by atoms with Crippen molar-refractivity contribution in [1.82, 2.24) is 0 Å². The van der Waals surface area contributed by atoms with E-state index in [2.05, 4.69) is 26.8 Å². The zero-order valence-electron chi connectivity index (χ0n) is 16.8. The zero-order valence-corrected chi connectivity index (χ0v) is 16.8. The number of carboxylic acid groups (broad SMARTS) is 1. The van der Waals surface area contributed by atoms with Crippen molar-refractivity contribution in [3.05, 3.63) is 41.2 Å². The summed E-state index contributed by atoms with van der Waals surface area (Å²) in [5, 5.41) is 9.60. The van der Waals surface area contributed by atoms with Crippen molar-refractivity contribution >= 4 is 22.9 Å². The van der Waals surface area contributed by atoms with Crippen molar-refractivity contribution in [2.45, 2.75) is 71.1 Å². The first-order chi connectivity index (χ1) is 13.3. The molecule has 0 saturated carbocycles. The Morgan fingerprint density at radius 1 is 1.21 bits per heavy atom. The molecule has 28 heavy (non-hydrogen) atoms. The fourth-order valence-electron chi connectivity index (χ4n) is 3.87. The van der Waals surface area contributed by atoms with E-state index in [4.69, 9.17) is 14.3 Å². The molecule has 0 saturated heterocycles. The van der Waals surface area contributed by atoms with Gasteiger partial charge in [-0.3, -0.25) is 0 Å². The molecule has 1 heterocycles. The Bertz CT molecular complexity index is 917. The van der Waals surface area contributed by atoms with Gasteiger partial charge in [0.1, 0.15) is 17.1 Å². The first-order valence-corrected chi connectivity index (χ1v) is 10.0. The van der Waals surface area contributed by atoms with E-state index in [1.165, 1.54) is 0 Å². The molecule has 1 N–H and O–H groups in total. The minimum Gasteiger partial charge on any atom is -0.478 e. The van der Waals surface area contributed by atoms with Gasteiger partial charge in [-0.25, -0.2) is 9.59 Å². The Morgan fingerprint density at radius 2 is 1.96 bits per heavy atom. The summed E-state index contributed by atoms with van der Waals surface area (Å²) in [6.45, 7) is 6.53. The van der Waals surface area contributed by atoms with Gasteiger partial charge in [-0.05, 0) is 48.8 Å². The maximum absolute atomic E-state index is 12.2. The van der Waals surface area contributed by atoms with Crippen LogP contribution in [0.2, 0.25) is 0 Å². The van der Waals surface area contributed by atoms with Crippen LogP contribution < -0.4 is 4.74 Å². The fourth-order valence-corrected chi connectivity index (χ4v) is 3.87. The highest BCUT2D eigenvalue weighted by Crippen LogP contribution is 2.41. The number of aryl methyl sites for hydroxylation is 2. The van der Waals surface area contributed by atoms with Crippen LogP contribution in [-0.2, 0) is 27.8 Å². The average molecular weight is 384 g/mol. The van der Waals surface area contributed by atoms with Crippen LogP contribution >= 0.6 is 0 Å². The number of hydrogen-bond acceptors (Lipinski definition) is 4. The first-order valence-electron chi connectivity index (χ1n) is 10.0. The van der Waals surface area contributed by atoms with Gasteiger partial charge in [0.15, 0.2) is 0 Å². The van der Waals surface area contributed by atoms with E-state index in [9.17, 15) is 9.59 Å². The number of carboxylic acids is 1. The molecule has 2 aromatic rings. The van der Waals surface area contributed by atoms with Gasteiger partial charge in [-0.15, -0.1) is 0 Å². The number of carbonyl (C=O) groups excluding carboxylic acids is 1. The van der Waals surface area contributed by atoms with E-state index in [1.807, 2.05) is 6.07 Å². The van der Waals surface area contributed by atoms with Crippen LogP contribution in [0.4, 0.5) is 0 Å². The monoisotopic (exact) mass is 384 g/mol. The summed E-state index contributed by atoms with van der Waals surface area (Å²) in [6, 6.07) is 4.00. The summed E-state index contributed by atoms with van der Waals surface area (Å²) in [6.07, 6.45) is 8.94. The Hall–Kier alpha value is -2.56. The van der Waals surface area contributed by atoms with Crippen molar-refractivity contribution in [2.75, 3.05) is 0 Å². The minimum atomic E-state index is -1.18. The second-order valence-electron chi connectivity index (χ2n) is 8.14. The molecule has 1 aromatic carbocycles. The number of fused-ring (bicyclic) bond motifs is 3. The molecule has 0 fully saturated rings. The highest BCUT2D eigenvalue weighted by Gasteiger charge is 2.27. The fraction of sp³-hybridized carbons (Fsp3) is 0.478. The number of esters is 1. The van der Waals surface area contributed by atoms with Crippen molar-refractivity contribution in [3.63, 3.8) is 0 Å². The van der Waals surface area contributed by atoms with Crippen molar-refractivity contribution in [2.24, 2.45) is 0 Å². The predicted octanol–water partition coefficient (Wildman–Crippen LogP) is 5.33. The Balaban J connectivity index is 2.08. The summed E-state index contributed by atoms with van der Waals surface area (Å²) < 4.78 is 11.7. The third-order valence-corrected chi connectivity index (χ3v) is 5.53. The number of rotatable bonds is 7. The number of aliphatic carboxylic acids is 1. The molecular formula is C23H28O5. The van der Waals surface area contributed by atoms with Crippen molar-refractivity contribution in [1.29, 1.82) is 0 Å². The highest BCUT2D eigenvalue weighted by atomic mass is 16.5. The van der Waals surface area contributed by atoms with E-state index >= 15 is 0 Å². The van der Waals surface area contributed by atoms with Gasteiger partial charge in [0.2, 0.25) is 0 Å². The molecule has 0 radical (unpaired) electrons. The average Bonchev–Trinajstić information content (AvgIpc) is 3.03. The Labute approximate surface area is 165 Å². The maximum atomic E-state index is 12.2. The molecule has 0 amide bonds. The SMILES string of the molecule is CCCCC(C)(C)c1cc(OC(=O)C=CC(=O)O)c2c3c(oc2c1)CCCC3. The smallest absolute Gasteiger partial charge is 0.336 e. The summed E-state index contributed by atoms with van der Waals surface area (Å²) in [7, 11) is 0. The molecule has 0 aliphatic heterocycles. The van der Waals surface area contributed by atoms with Gasteiger partial charge in [0, 0.05) is 24.1 Å². The number of unbranched alkanes of at least 4 members (excludes halogenated alkanes) is 1. The molecule has 1 aromatic heterocycles. The third-order valence-electron chi connectivity index (χ3n) is 5.53. The van der Waals surface area contributed by atoms with Crippen LogP contribution in [0.15, 0.2) is 28.7 Å². The van der Waals surface area contributed by atoms with Crippen LogP contribution in [0.3, 0.4) is 0 Å². The minimum absolute atomic E-state index is 0.0877. The largest absolute Gasteiger partial charge is 0.478 e. The quantitative estimate of drug-likeness (QED) is 0.397. The van der Waals surface area contributed by atoms with Crippen molar-refractivity contribution < 1.29 is 23.8 Å². The van der Waals surface area contributed by atoms with Crippen LogP contribution in [0.5, 0.6) is 5.75 Å². The topological polar surface area (TPSA) is 76.7 Å². The van der Waals surface area contributed by atoms with E-state index in [1.54, 1.807) is 0 Å². The molecule has 0 bridgehead atoms. The molecular weight excluding hydrogens is 356 g/mol. The second-order valence-corrected chi connectivity index (χ2v) is 8.14. The lowest BCUT2D eigenvalue weighted by Gasteiger charge is -2.25. The van der Waals surface area contributed by atoms with E-state index in [0.29, 0.717) is 5.75 Å². The summed E-state index contributed by atoms with van der Waals surface area (Å²) >= 11 is 0. The second kappa shape index (κ2) is 8.21. The molecule has 3 rings (SSSR count). The zero-order chi connectivity index (χ0) is 20.3. The maximum Gasteiger partial charge on any atom is 0.336 e. The highest BCUT2D eigenvalue weighted by molar-refractivity contribution is 5.96.